The van der Waals surface area contributed by atoms with Gasteiger partial charge in [0.05, 0.1) is 33.4 Å². The first-order valence-electron chi connectivity index (χ1n) is 10.8. The van der Waals surface area contributed by atoms with Crippen LogP contribution in [0.1, 0.15) is 25.5 Å². The number of nitro benzene ring substituents is 1. The van der Waals surface area contributed by atoms with Gasteiger partial charge in [-0.3, -0.25) is 14.9 Å². The molecule has 0 saturated heterocycles. The third-order valence-corrected chi connectivity index (χ3v) is 5.87. The van der Waals surface area contributed by atoms with Crippen LogP contribution < -0.4 is 24.3 Å². The number of benzene rings is 2. The lowest BCUT2D eigenvalue weighted by molar-refractivity contribution is -0.385. The van der Waals surface area contributed by atoms with E-state index in [1.165, 1.54) is 52.2 Å². The van der Waals surface area contributed by atoms with Gasteiger partial charge in [0, 0.05) is 22.9 Å². The van der Waals surface area contributed by atoms with Gasteiger partial charge in [0.15, 0.2) is 28.9 Å². The molecule has 1 unspecified atom stereocenters. The number of nitrogens with zero attached hydrogens (tertiary/aromatic N) is 4. The van der Waals surface area contributed by atoms with E-state index < -0.39 is 11.0 Å². The smallest absolute Gasteiger partial charge is 0.311 e. The number of hydrogen-bond acceptors (Lipinski definition) is 10. The Morgan fingerprint density at radius 3 is 2.19 bits per heavy atom. The molecule has 2 aromatic carbocycles. The molecule has 12 nitrogen and oxygen atoms in total. The van der Waals surface area contributed by atoms with Gasteiger partial charge in [-0.05, 0) is 37.6 Å². The van der Waals surface area contributed by atoms with Crippen molar-refractivity contribution in [3.05, 3.63) is 57.3 Å². The van der Waals surface area contributed by atoms with Crippen LogP contribution in [0.5, 0.6) is 23.0 Å². The highest BCUT2D eigenvalue weighted by Crippen LogP contribution is 2.43. The summed E-state index contributed by atoms with van der Waals surface area (Å²) >= 11 is 0. The zero-order valence-corrected chi connectivity index (χ0v) is 20.6. The monoisotopic (exact) mass is 495 g/mol. The van der Waals surface area contributed by atoms with E-state index in [0.717, 1.165) is 0 Å². The Kier molecular flexibility index (Phi) is 6.51. The highest BCUT2D eigenvalue weighted by atomic mass is 16.6. The van der Waals surface area contributed by atoms with Gasteiger partial charge in [0.25, 0.3) is 0 Å². The van der Waals surface area contributed by atoms with Crippen LogP contribution in [0.2, 0.25) is 0 Å². The number of fused-ring (bicyclic) bond motifs is 1. The molecule has 0 spiro atoms. The van der Waals surface area contributed by atoms with Crippen molar-refractivity contribution in [1.29, 1.82) is 0 Å². The van der Waals surface area contributed by atoms with Crippen molar-refractivity contribution in [3.8, 4) is 34.4 Å². The number of Topliss-reactive ketones (excluding diaryl/α,β-unsaturated/α-hetero) is 1. The van der Waals surface area contributed by atoms with Crippen LogP contribution in [0.15, 0.2) is 41.6 Å². The lowest BCUT2D eigenvalue weighted by Gasteiger charge is -2.28. The summed E-state index contributed by atoms with van der Waals surface area (Å²) in [5, 5.41) is 19.5. The first-order chi connectivity index (χ1) is 17.2. The molecule has 36 heavy (non-hydrogen) atoms. The quantitative estimate of drug-likeness (QED) is 0.363. The van der Waals surface area contributed by atoms with Crippen LogP contribution in [0.3, 0.4) is 0 Å². The van der Waals surface area contributed by atoms with Crippen LogP contribution >= 0.6 is 0 Å². The van der Waals surface area contributed by atoms with Crippen LogP contribution in [-0.2, 0) is 4.79 Å². The molecule has 3 aromatic rings. The number of aromatic nitrogens is 3. The van der Waals surface area contributed by atoms with Crippen LogP contribution in [0.4, 0.5) is 11.6 Å². The van der Waals surface area contributed by atoms with E-state index in [9.17, 15) is 14.9 Å². The van der Waals surface area contributed by atoms with Gasteiger partial charge in [-0.1, -0.05) is 6.07 Å². The number of carbonyl (C=O) groups is 1. The van der Waals surface area contributed by atoms with E-state index in [-0.39, 0.29) is 17.2 Å². The number of rotatable bonds is 8. The van der Waals surface area contributed by atoms with E-state index in [4.69, 9.17) is 18.9 Å². The maximum atomic E-state index is 12.7. The second-order valence-corrected chi connectivity index (χ2v) is 7.93. The molecule has 1 aliphatic rings. The molecule has 1 aromatic heterocycles. The number of ether oxygens (including phenoxy) is 4. The van der Waals surface area contributed by atoms with E-state index in [1.807, 2.05) is 0 Å². The first-order valence-corrected chi connectivity index (χ1v) is 10.8. The lowest BCUT2D eigenvalue weighted by atomic mass is 9.93. The molecule has 2 heterocycles. The van der Waals surface area contributed by atoms with E-state index in [0.29, 0.717) is 51.4 Å². The van der Waals surface area contributed by atoms with E-state index in [1.54, 1.807) is 25.1 Å². The van der Waals surface area contributed by atoms with Crippen LogP contribution in [-0.4, -0.2) is 53.9 Å². The summed E-state index contributed by atoms with van der Waals surface area (Å²) in [6, 6.07) is 7.22. The molecule has 1 aliphatic heterocycles. The fourth-order valence-corrected chi connectivity index (χ4v) is 4.27. The van der Waals surface area contributed by atoms with Crippen molar-refractivity contribution in [2.45, 2.75) is 19.9 Å². The number of nitrogens with one attached hydrogen (secondary N) is 1. The normalized spacial score (nSPS) is 14.6. The third kappa shape index (κ3) is 4.06. The number of anilines is 1. The summed E-state index contributed by atoms with van der Waals surface area (Å²) in [5.41, 5.74) is 1.82. The van der Waals surface area contributed by atoms with E-state index >= 15 is 0 Å². The molecule has 4 rings (SSSR count). The average molecular weight is 495 g/mol. The Morgan fingerprint density at radius 2 is 1.67 bits per heavy atom. The molecule has 1 N–H and O–H groups in total. The second kappa shape index (κ2) is 9.56. The Morgan fingerprint density at radius 1 is 1.03 bits per heavy atom. The van der Waals surface area contributed by atoms with Gasteiger partial charge in [0.2, 0.25) is 11.7 Å². The predicted octanol–water partition coefficient (Wildman–Crippen LogP) is 3.77. The number of hydrogen-bond donors (Lipinski definition) is 1. The van der Waals surface area contributed by atoms with Gasteiger partial charge in [0.1, 0.15) is 6.04 Å². The Bertz CT molecular complexity index is 1370. The summed E-state index contributed by atoms with van der Waals surface area (Å²) in [7, 11) is 5.88. The number of carbonyl (C=O) groups excluding carboxylic acids is 1. The SMILES string of the molecule is COc1ccc(C2C(C(C)=O)=C(C)Nc3nc(-c4cc(OC)c(OC)c(OC)c4)nn32)cc1[N+](=O)[O-]. The van der Waals surface area contributed by atoms with Gasteiger partial charge < -0.3 is 24.3 Å². The molecule has 1 atom stereocenters. The predicted molar refractivity (Wildman–Crippen MR) is 130 cm³/mol. The minimum absolute atomic E-state index is 0.111. The fraction of sp³-hybridized carbons (Fsp3) is 0.292. The van der Waals surface area contributed by atoms with E-state index in [2.05, 4.69) is 15.4 Å². The first kappa shape index (κ1) is 24.5. The van der Waals surface area contributed by atoms with Gasteiger partial charge in [-0.2, -0.15) is 4.98 Å². The molecule has 0 aliphatic carbocycles. The number of ketones is 1. The summed E-state index contributed by atoms with van der Waals surface area (Å²) in [4.78, 5) is 28.5. The maximum absolute atomic E-state index is 12.7. The Hall–Kier alpha value is -4.61. The molecule has 0 amide bonds. The molecular formula is C24H25N5O7. The molecule has 0 bridgehead atoms. The summed E-state index contributed by atoms with van der Waals surface area (Å²) in [5.74, 6) is 1.86. The fourth-order valence-electron chi connectivity index (χ4n) is 4.27. The van der Waals surface area contributed by atoms with Gasteiger partial charge in [-0.15, -0.1) is 5.10 Å². The van der Waals surface area contributed by atoms with Crippen molar-refractivity contribution < 1.29 is 28.7 Å². The van der Waals surface area contributed by atoms with Crippen molar-refractivity contribution >= 4 is 17.4 Å². The maximum Gasteiger partial charge on any atom is 0.311 e. The van der Waals surface area contributed by atoms with Crippen molar-refractivity contribution in [2.24, 2.45) is 0 Å². The minimum Gasteiger partial charge on any atom is -0.493 e. The standard InChI is InChI=1S/C24H25N5O7/c1-12-20(13(2)30)21(14-7-8-17(33-3)16(9-14)29(31)32)28-24(25-12)26-23(27-28)15-10-18(34-4)22(36-6)19(11-15)35-5/h7-11,21H,1-6H3,(H,25,26,27). The molecule has 0 radical (unpaired) electrons. The summed E-state index contributed by atoms with van der Waals surface area (Å²) < 4.78 is 23.0. The van der Waals surface area contributed by atoms with Gasteiger partial charge >= 0.3 is 5.69 Å². The number of methoxy groups -OCH3 is 4. The lowest BCUT2D eigenvalue weighted by Crippen LogP contribution is -2.27. The highest BCUT2D eigenvalue weighted by molar-refractivity contribution is 5.96. The summed E-state index contributed by atoms with van der Waals surface area (Å²) in [6.07, 6.45) is 0. The molecule has 188 valence electrons. The van der Waals surface area contributed by atoms with Crippen molar-refractivity contribution in [2.75, 3.05) is 33.8 Å². The zero-order chi connectivity index (χ0) is 26.1. The minimum atomic E-state index is -0.758. The van der Waals surface area contributed by atoms with Crippen LogP contribution in [0.25, 0.3) is 11.4 Å². The van der Waals surface area contributed by atoms with Crippen molar-refractivity contribution in [3.63, 3.8) is 0 Å². The zero-order valence-electron chi connectivity index (χ0n) is 20.6. The molecular weight excluding hydrogens is 470 g/mol. The molecule has 12 heteroatoms. The molecule has 0 saturated carbocycles. The van der Waals surface area contributed by atoms with Gasteiger partial charge in [-0.25, -0.2) is 4.68 Å². The topological polar surface area (TPSA) is 140 Å². The largest absolute Gasteiger partial charge is 0.493 e. The number of allylic oxidation sites excluding steroid dienone is 2. The molecule has 0 fully saturated rings. The highest BCUT2D eigenvalue weighted by Gasteiger charge is 2.34. The second-order valence-electron chi connectivity index (χ2n) is 7.93. The third-order valence-electron chi connectivity index (χ3n) is 5.87. The van der Waals surface area contributed by atoms with Crippen LogP contribution in [0, 0.1) is 10.1 Å². The van der Waals surface area contributed by atoms with Crippen molar-refractivity contribution in [1.82, 2.24) is 14.8 Å². The number of nitro groups is 1. The Labute approximate surface area is 206 Å². The Balaban J connectivity index is 1.91. The summed E-state index contributed by atoms with van der Waals surface area (Å²) in [6.45, 7) is 3.19. The average Bonchev–Trinajstić information content (AvgIpc) is 3.29.